The van der Waals surface area contributed by atoms with E-state index in [4.69, 9.17) is 0 Å². The highest BCUT2D eigenvalue weighted by Crippen LogP contribution is 2.20. The molecule has 0 fully saturated rings. The monoisotopic (exact) mass is 312 g/mol. The minimum absolute atomic E-state index is 0.134. The number of aromatic amines is 2. The molecule has 0 spiro atoms. The Bertz CT molecular complexity index is 908. The first-order valence-corrected chi connectivity index (χ1v) is 7.51. The van der Waals surface area contributed by atoms with E-state index in [2.05, 4.69) is 15.4 Å². The van der Waals surface area contributed by atoms with Crippen molar-refractivity contribution < 1.29 is 4.79 Å². The molecule has 23 heavy (non-hydrogen) atoms. The summed E-state index contributed by atoms with van der Waals surface area (Å²) in [4.78, 5) is 27.1. The molecule has 0 aliphatic rings. The van der Waals surface area contributed by atoms with Gasteiger partial charge in [-0.1, -0.05) is 32.9 Å². The van der Waals surface area contributed by atoms with Crippen LogP contribution < -0.4 is 10.9 Å². The van der Waals surface area contributed by atoms with E-state index in [1.165, 1.54) is 6.07 Å². The zero-order valence-electron chi connectivity index (χ0n) is 13.4. The number of amides is 1. The number of fused-ring (bicyclic) bond motifs is 1. The van der Waals surface area contributed by atoms with Crippen molar-refractivity contribution in [2.24, 2.45) is 5.41 Å². The summed E-state index contributed by atoms with van der Waals surface area (Å²) in [7, 11) is 0. The van der Waals surface area contributed by atoms with Gasteiger partial charge in [-0.25, -0.2) is 0 Å². The van der Waals surface area contributed by atoms with Crippen LogP contribution in [0.15, 0.2) is 41.3 Å². The Morgan fingerprint density at radius 1 is 1.26 bits per heavy atom. The fourth-order valence-corrected chi connectivity index (χ4v) is 2.42. The Labute approximate surface area is 133 Å². The number of hydrogen-bond acceptors (Lipinski definition) is 2. The number of anilines is 1. The average molecular weight is 312 g/mol. The minimum Gasteiger partial charge on any atom is -0.361 e. The van der Waals surface area contributed by atoms with Crippen LogP contribution in [0, 0.1) is 5.41 Å². The van der Waals surface area contributed by atoms with E-state index in [1.807, 2.05) is 51.2 Å². The van der Waals surface area contributed by atoms with Crippen molar-refractivity contribution in [2.75, 3.05) is 5.32 Å². The highest BCUT2D eigenvalue weighted by molar-refractivity contribution is 5.93. The Balaban J connectivity index is 1.93. The third-order valence-corrected chi connectivity index (χ3v) is 3.74. The molecule has 2 aromatic heterocycles. The third kappa shape index (κ3) is 3.06. The molecule has 0 saturated carbocycles. The van der Waals surface area contributed by atoms with Gasteiger partial charge >= 0.3 is 0 Å². The Kier molecular flexibility index (Phi) is 3.60. The van der Waals surface area contributed by atoms with Gasteiger partial charge in [0.1, 0.15) is 5.82 Å². The van der Waals surface area contributed by atoms with Crippen molar-refractivity contribution in [3.63, 3.8) is 0 Å². The van der Waals surface area contributed by atoms with Gasteiger partial charge in [-0.15, -0.1) is 0 Å². The predicted octanol–water partition coefficient (Wildman–Crippen LogP) is 2.69. The zero-order valence-corrected chi connectivity index (χ0v) is 13.4. The number of benzene rings is 1. The zero-order chi connectivity index (χ0) is 16.6. The van der Waals surface area contributed by atoms with Crippen molar-refractivity contribution in [1.29, 1.82) is 0 Å². The van der Waals surface area contributed by atoms with Gasteiger partial charge < -0.3 is 10.3 Å². The van der Waals surface area contributed by atoms with Gasteiger partial charge in [-0.3, -0.25) is 19.4 Å². The lowest BCUT2D eigenvalue weighted by Crippen LogP contribution is -2.28. The fourth-order valence-electron chi connectivity index (χ4n) is 2.42. The molecule has 0 aliphatic heterocycles. The molecule has 6 heteroatoms. The van der Waals surface area contributed by atoms with Crippen LogP contribution in [0.4, 0.5) is 5.82 Å². The SMILES string of the molecule is CC(C)(C)C(=O)Nc1cc(=O)[nH]n1Cc1cccc2[nH]ccc12. The molecule has 2 heterocycles. The second kappa shape index (κ2) is 5.46. The highest BCUT2D eigenvalue weighted by atomic mass is 16.2. The van der Waals surface area contributed by atoms with Crippen LogP contribution in [-0.2, 0) is 11.3 Å². The standard InChI is InChI=1S/C17H20N4O2/c1-17(2,3)16(23)19-14-9-15(22)20-21(14)10-11-5-4-6-13-12(11)7-8-18-13/h4-9,18H,10H2,1-3H3,(H,19,23)(H,20,22). The molecule has 120 valence electrons. The molecule has 0 unspecified atom stereocenters. The van der Waals surface area contributed by atoms with Crippen LogP contribution >= 0.6 is 0 Å². The summed E-state index contributed by atoms with van der Waals surface area (Å²) >= 11 is 0. The van der Waals surface area contributed by atoms with Gasteiger partial charge in [0.05, 0.1) is 6.54 Å². The van der Waals surface area contributed by atoms with Crippen LogP contribution in [0.25, 0.3) is 10.9 Å². The van der Waals surface area contributed by atoms with Crippen molar-refractivity contribution in [3.05, 3.63) is 52.4 Å². The number of aromatic nitrogens is 3. The third-order valence-electron chi connectivity index (χ3n) is 3.74. The van der Waals surface area contributed by atoms with Crippen LogP contribution in [-0.4, -0.2) is 20.7 Å². The molecule has 3 N–H and O–H groups in total. The number of carbonyl (C=O) groups excluding carboxylic acids is 1. The first-order chi connectivity index (χ1) is 10.8. The summed E-state index contributed by atoms with van der Waals surface area (Å²) in [5.74, 6) is 0.340. The van der Waals surface area contributed by atoms with Crippen molar-refractivity contribution >= 4 is 22.6 Å². The van der Waals surface area contributed by atoms with Gasteiger partial charge in [0.2, 0.25) is 5.91 Å². The maximum atomic E-state index is 12.2. The molecule has 0 aliphatic carbocycles. The first kappa shape index (κ1) is 15.1. The molecule has 0 bridgehead atoms. The second-order valence-electron chi connectivity index (χ2n) is 6.65. The first-order valence-electron chi connectivity index (χ1n) is 7.51. The summed E-state index contributed by atoms with van der Waals surface area (Å²) in [6, 6.07) is 9.37. The van der Waals surface area contributed by atoms with E-state index in [1.54, 1.807) is 4.68 Å². The number of rotatable bonds is 3. The number of nitrogens with one attached hydrogen (secondary N) is 3. The lowest BCUT2D eigenvalue weighted by molar-refractivity contribution is -0.123. The molecule has 0 atom stereocenters. The van der Waals surface area contributed by atoms with E-state index in [-0.39, 0.29) is 11.5 Å². The summed E-state index contributed by atoms with van der Waals surface area (Å²) < 4.78 is 1.66. The molecule has 1 aromatic carbocycles. The fraction of sp³-hybridized carbons (Fsp3) is 0.294. The quantitative estimate of drug-likeness (QED) is 0.695. The van der Waals surface area contributed by atoms with Crippen LogP contribution in [0.5, 0.6) is 0 Å². The Morgan fingerprint density at radius 2 is 2.04 bits per heavy atom. The van der Waals surface area contributed by atoms with Crippen molar-refractivity contribution in [3.8, 4) is 0 Å². The number of H-pyrrole nitrogens is 2. The normalized spacial score (nSPS) is 11.8. The Morgan fingerprint density at radius 3 is 2.78 bits per heavy atom. The molecule has 3 aromatic rings. The number of hydrogen-bond donors (Lipinski definition) is 3. The van der Waals surface area contributed by atoms with Gasteiger partial charge in [0.25, 0.3) is 5.56 Å². The number of carbonyl (C=O) groups is 1. The average Bonchev–Trinajstić information content (AvgIpc) is 3.05. The molecular formula is C17H20N4O2. The minimum atomic E-state index is -0.529. The maximum Gasteiger partial charge on any atom is 0.266 e. The Hall–Kier alpha value is -2.76. The molecule has 0 saturated heterocycles. The summed E-state index contributed by atoms with van der Waals surface area (Å²) in [5.41, 5.74) is 1.33. The van der Waals surface area contributed by atoms with E-state index >= 15 is 0 Å². The van der Waals surface area contributed by atoms with E-state index in [0.29, 0.717) is 12.4 Å². The van der Waals surface area contributed by atoms with Crippen molar-refractivity contribution in [1.82, 2.24) is 14.8 Å². The maximum absolute atomic E-state index is 12.2. The predicted molar refractivity (Wildman–Crippen MR) is 90.5 cm³/mol. The molecular weight excluding hydrogens is 292 g/mol. The number of nitrogens with zero attached hydrogens (tertiary/aromatic N) is 1. The molecule has 0 radical (unpaired) electrons. The lowest BCUT2D eigenvalue weighted by Gasteiger charge is -2.18. The van der Waals surface area contributed by atoms with E-state index < -0.39 is 5.41 Å². The van der Waals surface area contributed by atoms with E-state index in [9.17, 15) is 9.59 Å². The van der Waals surface area contributed by atoms with Gasteiger partial charge in [-0.2, -0.15) is 0 Å². The topological polar surface area (TPSA) is 82.7 Å². The van der Waals surface area contributed by atoms with Crippen LogP contribution in [0.3, 0.4) is 0 Å². The van der Waals surface area contributed by atoms with Gasteiger partial charge in [-0.05, 0) is 17.7 Å². The second-order valence-corrected chi connectivity index (χ2v) is 6.65. The lowest BCUT2D eigenvalue weighted by atomic mass is 9.96. The van der Waals surface area contributed by atoms with Gasteiger partial charge in [0.15, 0.2) is 0 Å². The summed E-state index contributed by atoms with van der Waals surface area (Å²) in [5, 5.41) is 6.65. The highest BCUT2D eigenvalue weighted by Gasteiger charge is 2.22. The van der Waals surface area contributed by atoms with Crippen molar-refractivity contribution in [2.45, 2.75) is 27.3 Å². The van der Waals surface area contributed by atoms with Crippen LogP contribution in [0.1, 0.15) is 26.3 Å². The largest absolute Gasteiger partial charge is 0.361 e. The molecule has 1 amide bonds. The van der Waals surface area contributed by atoms with Gasteiger partial charge in [0, 0.05) is 28.6 Å². The summed E-state index contributed by atoms with van der Waals surface area (Å²) in [6.45, 7) is 5.96. The summed E-state index contributed by atoms with van der Waals surface area (Å²) in [6.07, 6.45) is 1.88. The van der Waals surface area contributed by atoms with E-state index in [0.717, 1.165) is 16.5 Å². The molecule has 3 rings (SSSR count). The van der Waals surface area contributed by atoms with Crippen LogP contribution in [0.2, 0.25) is 0 Å². The molecule has 6 nitrogen and oxygen atoms in total. The smallest absolute Gasteiger partial charge is 0.266 e.